The summed E-state index contributed by atoms with van der Waals surface area (Å²) < 4.78 is 33.0. The lowest BCUT2D eigenvalue weighted by atomic mass is 9.88. The predicted molar refractivity (Wildman–Crippen MR) is 128 cm³/mol. The van der Waals surface area contributed by atoms with E-state index in [1.165, 1.54) is 21.5 Å². The van der Waals surface area contributed by atoms with E-state index < -0.39 is 10.0 Å². The van der Waals surface area contributed by atoms with Gasteiger partial charge in [-0.05, 0) is 29.7 Å². The summed E-state index contributed by atoms with van der Waals surface area (Å²) in [7, 11) is -3.77. The predicted octanol–water partition coefficient (Wildman–Crippen LogP) is 3.66. The molecule has 1 aliphatic rings. The van der Waals surface area contributed by atoms with E-state index in [0.717, 1.165) is 0 Å². The molecule has 0 unspecified atom stereocenters. The van der Waals surface area contributed by atoms with Gasteiger partial charge in [0.1, 0.15) is 0 Å². The Morgan fingerprint density at radius 2 is 1.39 bits per heavy atom. The smallest absolute Gasteiger partial charge is 0.252 e. The first kappa shape index (κ1) is 23.2. The first-order valence-electron chi connectivity index (χ1n) is 11.1. The Bertz CT molecular complexity index is 1120. The average molecular weight is 465 g/mol. The third-order valence-corrected chi connectivity index (χ3v) is 7.80. The van der Waals surface area contributed by atoms with Gasteiger partial charge in [-0.25, -0.2) is 8.42 Å². The second-order valence-corrected chi connectivity index (χ2v) is 9.84. The van der Waals surface area contributed by atoms with E-state index in [9.17, 15) is 13.2 Å². The van der Waals surface area contributed by atoms with Gasteiger partial charge >= 0.3 is 0 Å². The van der Waals surface area contributed by atoms with Crippen LogP contribution >= 0.6 is 0 Å². The van der Waals surface area contributed by atoms with Gasteiger partial charge in [0.05, 0.1) is 23.7 Å². The molecule has 172 valence electrons. The summed E-state index contributed by atoms with van der Waals surface area (Å²) >= 11 is 0. The fraction of sp³-hybridized carbons (Fsp3) is 0.269. The fourth-order valence-corrected chi connectivity index (χ4v) is 5.72. The van der Waals surface area contributed by atoms with Crippen LogP contribution in [0.2, 0.25) is 0 Å². The minimum absolute atomic E-state index is 0.0343. The van der Waals surface area contributed by atoms with Crippen LogP contribution in [0.3, 0.4) is 0 Å². The average Bonchev–Trinajstić information content (AvgIpc) is 2.88. The van der Waals surface area contributed by atoms with E-state index in [0.29, 0.717) is 26.2 Å². The van der Waals surface area contributed by atoms with Crippen LogP contribution in [0.1, 0.15) is 33.8 Å². The largest absolute Gasteiger partial charge is 0.379 e. The van der Waals surface area contributed by atoms with E-state index in [-0.39, 0.29) is 35.4 Å². The number of nitrogens with zero attached hydrogens (tertiary/aromatic N) is 1. The first-order valence-corrected chi connectivity index (χ1v) is 12.6. The zero-order valence-corrected chi connectivity index (χ0v) is 19.2. The number of carbonyl (C=O) groups is 1. The maximum absolute atomic E-state index is 13.2. The SMILES string of the molecule is O=C(NCCC(c1ccccc1)c1ccccc1)c1ccccc1S(=O)(=O)N1CCOCC1. The number of ether oxygens (including phenoxy) is 1. The van der Waals surface area contributed by atoms with Crippen LogP contribution in [0.15, 0.2) is 89.8 Å². The van der Waals surface area contributed by atoms with Gasteiger partial charge in [-0.15, -0.1) is 0 Å². The molecular weight excluding hydrogens is 436 g/mol. The maximum atomic E-state index is 13.2. The van der Waals surface area contributed by atoms with Gasteiger partial charge in [-0.1, -0.05) is 72.8 Å². The standard InChI is InChI=1S/C26H28N2O4S/c29-26(24-13-7-8-14-25(24)33(30,31)28-17-19-32-20-18-28)27-16-15-23(21-9-3-1-4-10-21)22-11-5-2-6-12-22/h1-14,23H,15-20H2,(H,27,29). The second-order valence-electron chi connectivity index (χ2n) is 7.93. The van der Waals surface area contributed by atoms with Crippen molar-refractivity contribution >= 4 is 15.9 Å². The van der Waals surface area contributed by atoms with Crippen molar-refractivity contribution in [3.63, 3.8) is 0 Å². The molecule has 6 nitrogen and oxygen atoms in total. The zero-order chi connectivity index (χ0) is 23.1. The molecule has 0 atom stereocenters. The highest BCUT2D eigenvalue weighted by Gasteiger charge is 2.30. The molecule has 0 aromatic heterocycles. The third-order valence-electron chi connectivity index (χ3n) is 5.84. The van der Waals surface area contributed by atoms with Crippen molar-refractivity contribution in [3.8, 4) is 0 Å². The Hall–Kier alpha value is -3.00. The molecule has 7 heteroatoms. The highest BCUT2D eigenvalue weighted by Crippen LogP contribution is 2.27. The Labute approximate surface area is 195 Å². The van der Waals surface area contributed by atoms with Crippen molar-refractivity contribution in [1.29, 1.82) is 0 Å². The normalized spacial score (nSPS) is 14.8. The van der Waals surface area contributed by atoms with Crippen molar-refractivity contribution in [3.05, 3.63) is 102 Å². The van der Waals surface area contributed by atoms with E-state index in [4.69, 9.17) is 4.74 Å². The molecule has 33 heavy (non-hydrogen) atoms. The van der Waals surface area contributed by atoms with Crippen LogP contribution in [0.4, 0.5) is 0 Å². The van der Waals surface area contributed by atoms with Gasteiger partial charge < -0.3 is 10.1 Å². The second kappa shape index (κ2) is 10.7. The van der Waals surface area contributed by atoms with Crippen LogP contribution in [-0.2, 0) is 14.8 Å². The number of hydrogen-bond acceptors (Lipinski definition) is 4. The van der Waals surface area contributed by atoms with E-state index in [1.807, 2.05) is 36.4 Å². The molecule has 0 bridgehead atoms. The Kier molecular flexibility index (Phi) is 7.54. The van der Waals surface area contributed by atoms with E-state index in [2.05, 4.69) is 29.6 Å². The molecule has 1 fully saturated rings. The number of nitrogens with one attached hydrogen (secondary N) is 1. The summed E-state index contributed by atoms with van der Waals surface area (Å²) in [5, 5.41) is 2.94. The molecule has 1 heterocycles. The molecule has 0 saturated carbocycles. The topological polar surface area (TPSA) is 75.7 Å². The Morgan fingerprint density at radius 3 is 2.00 bits per heavy atom. The quantitative estimate of drug-likeness (QED) is 0.552. The van der Waals surface area contributed by atoms with Gasteiger partial charge in [0, 0.05) is 25.6 Å². The minimum Gasteiger partial charge on any atom is -0.379 e. The van der Waals surface area contributed by atoms with Gasteiger partial charge in [0.15, 0.2) is 0 Å². The van der Waals surface area contributed by atoms with Crippen molar-refractivity contribution in [2.24, 2.45) is 0 Å². The van der Waals surface area contributed by atoms with E-state index >= 15 is 0 Å². The van der Waals surface area contributed by atoms with Crippen molar-refractivity contribution in [2.45, 2.75) is 17.2 Å². The summed E-state index contributed by atoms with van der Waals surface area (Å²) in [4.78, 5) is 13.1. The molecule has 0 aliphatic carbocycles. The molecular formula is C26H28N2O4S. The molecule has 3 aromatic rings. The van der Waals surface area contributed by atoms with Crippen molar-refractivity contribution < 1.29 is 17.9 Å². The van der Waals surface area contributed by atoms with Crippen LogP contribution < -0.4 is 5.32 Å². The summed E-state index contributed by atoms with van der Waals surface area (Å²) in [5.41, 5.74) is 2.52. The van der Waals surface area contributed by atoms with Crippen LogP contribution in [0.25, 0.3) is 0 Å². The molecule has 4 rings (SSSR count). The monoisotopic (exact) mass is 464 g/mol. The number of benzene rings is 3. The molecule has 0 radical (unpaired) electrons. The summed E-state index contributed by atoms with van der Waals surface area (Å²) in [6.07, 6.45) is 0.693. The van der Waals surface area contributed by atoms with Crippen LogP contribution in [0.5, 0.6) is 0 Å². The third kappa shape index (κ3) is 5.50. The lowest BCUT2D eigenvalue weighted by molar-refractivity contribution is 0.0730. The highest BCUT2D eigenvalue weighted by molar-refractivity contribution is 7.89. The van der Waals surface area contributed by atoms with Crippen molar-refractivity contribution in [2.75, 3.05) is 32.8 Å². The molecule has 1 saturated heterocycles. The fourth-order valence-electron chi connectivity index (χ4n) is 4.13. The minimum atomic E-state index is -3.77. The van der Waals surface area contributed by atoms with Crippen molar-refractivity contribution in [1.82, 2.24) is 9.62 Å². The Morgan fingerprint density at radius 1 is 0.848 bits per heavy atom. The first-order chi connectivity index (χ1) is 16.1. The van der Waals surface area contributed by atoms with Gasteiger partial charge in [0.25, 0.3) is 5.91 Å². The number of rotatable bonds is 8. The number of amides is 1. The molecule has 1 N–H and O–H groups in total. The zero-order valence-electron chi connectivity index (χ0n) is 18.4. The lowest BCUT2D eigenvalue weighted by Gasteiger charge is -2.26. The van der Waals surface area contributed by atoms with Crippen LogP contribution in [0, 0.1) is 0 Å². The summed E-state index contributed by atoms with van der Waals surface area (Å²) in [6, 6.07) is 26.7. The number of hydrogen-bond donors (Lipinski definition) is 1. The number of morpholine rings is 1. The van der Waals surface area contributed by atoms with Crippen LogP contribution in [-0.4, -0.2) is 51.5 Å². The lowest BCUT2D eigenvalue weighted by Crippen LogP contribution is -2.41. The summed E-state index contributed by atoms with van der Waals surface area (Å²) in [6.45, 7) is 1.70. The van der Waals surface area contributed by atoms with Gasteiger partial charge in [-0.3, -0.25) is 4.79 Å². The summed E-state index contributed by atoms with van der Waals surface area (Å²) in [5.74, 6) is -0.262. The van der Waals surface area contributed by atoms with Gasteiger partial charge in [-0.2, -0.15) is 4.31 Å². The number of sulfonamides is 1. The Balaban J connectivity index is 1.49. The van der Waals surface area contributed by atoms with Gasteiger partial charge in [0.2, 0.25) is 10.0 Å². The maximum Gasteiger partial charge on any atom is 0.252 e. The molecule has 0 spiro atoms. The molecule has 3 aromatic carbocycles. The van der Waals surface area contributed by atoms with E-state index in [1.54, 1.807) is 18.2 Å². The molecule has 1 aliphatic heterocycles. The number of carbonyl (C=O) groups excluding carboxylic acids is 1. The molecule has 1 amide bonds. The highest BCUT2D eigenvalue weighted by atomic mass is 32.2.